The summed E-state index contributed by atoms with van der Waals surface area (Å²) in [6.07, 6.45) is 15.6. The maximum atomic E-state index is 17.2. The third kappa shape index (κ3) is 4.39. The van der Waals surface area contributed by atoms with E-state index < -0.39 is 39.9 Å². The van der Waals surface area contributed by atoms with Crippen molar-refractivity contribution >= 4 is 19.1 Å². The first kappa shape index (κ1) is 28.5. The molecule has 0 atom stereocenters. The molecule has 2 aromatic rings. The molecule has 2 aliphatic carbocycles. The second-order valence-corrected chi connectivity index (χ2v) is 19.0. The van der Waals surface area contributed by atoms with Crippen molar-refractivity contribution in [1.82, 2.24) is 0 Å². The first-order valence-corrected chi connectivity index (χ1v) is 17.9. The van der Waals surface area contributed by atoms with Crippen molar-refractivity contribution in [3.63, 3.8) is 0 Å². The van der Waals surface area contributed by atoms with Crippen LogP contribution in [0.15, 0.2) is 68.5 Å². The van der Waals surface area contributed by atoms with E-state index in [1.165, 1.54) is 24.3 Å². The molecule has 0 saturated carbocycles. The second kappa shape index (κ2) is 10.3. The molecule has 0 unspecified atom stereocenters. The number of benzene rings is 2. The normalized spacial score (nSPS) is 21.3. The standard InChI is InChI=1S/2C12H14F2N.2C5H5.Ti/c2*1-12(2)6-3-7-15(12)11-5-4-9(13)8-10(11)14;2*1-2-4-5-3-1;/h2*4-5H,3,6-7H2,1-2H3;2*1-3H,4H2;. The number of anilines is 2. The molecule has 0 radical (unpaired) electrons. The van der Waals surface area contributed by atoms with Crippen LogP contribution in [0.25, 0.3) is 0 Å². The Morgan fingerprint density at radius 3 is 1.37 bits per heavy atom. The van der Waals surface area contributed by atoms with Gasteiger partial charge >= 0.3 is 245 Å². The monoisotopic (exact) mass is 598 g/mol. The van der Waals surface area contributed by atoms with E-state index in [9.17, 15) is 0 Å². The van der Waals surface area contributed by atoms with Crippen LogP contribution in [0.3, 0.4) is 0 Å². The van der Waals surface area contributed by atoms with Gasteiger partial charge in [0.15, 0.2) is 0 Å². The average molecular weight is 599 g/mol. The molecule has 2 heterocycles. The maximum absolute atomic E-state index is 17.2. The third-order valence-electron chi connectivity index (χ3n) is 9.78. The van der Waals surface area contributed by atoms with Gasteiger partial charge in [-0.25, -0.2) is 0 Å². The topological polar surface area (TPSA) is 6.48 Å². The van der Waals surface area contributed by atoms with Gasteiger partial charge in [0.2, 0.25) is 0 Å². The SMILES string of the molecule is CC1(C)CCCN1c1ccc(F)[c]([Ti]([C]2=CC=CC2)([C]2=CC=CC2)[c]2c(F)ccc(N3CCCC3(C)C)c2F)c1F. The van der Waals surface area contributed by atoms with Crippen LogP contribution in [-0.4, -0.2) is 24.2 Å². The fourth-order valence-electron chi connectivity index (χ4n) is 7.72. The molecule has 0 spiro atoms. The summed E-state index contributed by atoms with van der Waals surface area (Å²) in [5.74, 6) is -2.80. The molecule has 0 bridgehead atoms. The molecule has 216 valence electrons. The summed E-state index contributed by atoms with van der Waals surface area (Å²) in [4.78, 5) is 3.99. The van der Waals surface area contributed by atoms with Crippen LogP contribution in [0.5, 0.6) is 0 Å². The van der Waals surface area contributed by atoms with Gasteiger partial charge in [-0.1, -0.05) is 0 Å². The summed E-state index contributed by atoms with van der Waals surface area (Å²) < 4.78 is 68.5. The molecule has 6 rings (SSSR count). The molecule has 2 nitrogen and oxygen atoms in total. The molecule has 41 heavy (non-hydrogen) atoms. The number of rotatable bonds is 6. The van der Waals surface area contributed by atoms with Gasteiger partial charge in [0.1, 0.15) is 0 Å². The Morgan fingerprint density at radius 1 is 0.634 bits per heavy atom. The Balaban J connectivity index is 1.70. The van der Waals surface area contributed by atoms with Crippen molar-refractivity contribution in [2.45, 2.75) is 77.3 Å². The van der Waals surface area contributed by atoms with E-state index in [2.05, 4.69) is 27.7 Å². The van der Waals surface area contributed by atoms with E-state index in [1.54, 1.807) is 0 Å². The molecule has 2 aliphatic heterocycles. The van der Waals surface area contributed by atoms with Gasteiger partial charge in [-0.05, 0) is 0 Å². The van der Waals surface area contributed by atoms with Gasteiger partial charge in [0.05, 0.1) is 0 Å². The van der Waals surface area contributed by atoms with Crippen LogP contribution < -0.4 is 17.5 Å². The van der Waals surface area contributed by atoms with Crippen LogP contribution in [0, 0.1) is 23.3 Å². The van der Waals surface area contributed by atoms with Gasteiger partial charge in [0, 0.05) is 0 Å². The van der Waals surface area contributed by atoms with Crippen molar-refractivity contribution in [1.29, 1.82) is 0 Å². The summed E-state index contributed by atoms with van der Waals surface area (Å²) in [6.45, 7) is 9.53. The molecule has 0 N–H and O–H groups in total. The Hall–Kier alpha value is -2.57. The van der Waals surface area contributed by atoms with Crippen LogP contribution >= 0.6 is 0 Å². The van der Waals surface area contributed by atoms with E-state index in [0.717, 1.165) is 33.4 Å². The Kier molecular flexibility index (Phi) is 7.18. The molecule has 4 aliphatic rings. The summed E-state index contributed by atoms with van der Waals surface area (Å²) in [7, 11) is 0. The molecule has 2 aromatic carbocycles. The number of allylic oxidation sites excluding steroid dienone is 8. The zero-order valence-corrected chi connectivity index (χ0v) is 25.9. The zero-order valence-electron chi connectivity index (χ0n) is 24.3. The van der Waals surface area contributed by atoms with E-state index in [1.807, 2.05) is 46.3 Å². The Morgan fingerprint density at radius 2 is 1.05 bits per heavy atom. The summed E-state index contributed by atoms with van der Waals surface area (Å²) >= 11 is -4.87. The Labute approximate surface area is 244 Å². The van der Waals surface area contributed by atoms with E-state index >= 15 is 17.6 Å². The van der Waals surface area contributed by atoms with Gasteiger partial charge in [-0.15, -0.1) is 0 Å². The predicted molar refractivity (Wildman–Crippen MR) is 157 cm³/mol. The first-order valence-electron chi connectivity index (χ1n) is 14.7. The molecule has 0 amide bonds. The second-order valence-electron chi connectivity index (χ2n) is 13.0. The van der Waals surface area contributed by atoms with Gasteiger partial charge < -0.3 is 0 Å². The van der Waals surface area contributed by atoms with Gasteiger partial charge in [0.25, 0.3) is 0 Å². The molecule has 7 heteroatoms. The number of nitrogens with zero attached hydrogens (tertiary/aromatic N) is 2. The quantitative estimate of drug-likeness (QED) is 0.248. The molecule has 2 fully saturated rings. The summed E-state index contributed by atoms with van der Waals surface area (Å²) in [5, 5.41) is 0. The average Bonchev–Trinajstić information content (AvgIpc) is 3.72. The predicted octanol–water partition coefficient (Wildman–Crippen LogP) is 7.79. The number of hydrogen-bond acceptors (Lipinski definition) is 2. The van der Waals surface area contributed by atoms with Crippen LogP contribution in [0.4, 0.5) is 28.9 Å². The fourth-order valence-corrected chi connectivity index (χ4v) is 16.0. The fraction of sp³-hybridized carbons (Fsp3) is 0.412. The summed E-state index contributed by atoms with van der Waals surface area (Å²) in [6, 6.07) is 5.65. The van der Waals surface area contributed by atoms with Crippen molar-refractivity contribution < 1.29 is 34.2 Å². The van der Waals surface area contributed by atoms with Gasteiger partial charge in [-0.3, -0.25) is 0 Å². The van der Waals surface area contributed by atoms with E-state index in [4.69, 9.17) is 0 Å². The van der Waals surface area contributed by atoms with E-state index in [0.29, 0.717) is 37.3 Å². The van der Waals surface area contributed by atoms with Crippen LogP contribution in [-0.2, 0) is 16.6 Å². The minimum absolute atomic E-state index is 0.120. The van der Waals surface area contributed by atoms with Crippen LogP contribution in [0.2, 0.25) is 0 Å². The van der Waals surface area contributed by atoms with Crippen molar-refractivity contribution in [3.8, 4) is 0 Å². The minimum atomic E-state index is -4.87. The molecule has 2 saturated heterocycles. The van der Waals surface area contributed by atoms with Gasteiger partial charge in [-0.2, -0.15) is 0 Å². The number of halogens is 4. The third-order valence-corrected chi connectivity index (χ3v) is 17.7. The Bertz CT molecular complexity index is 1400. The molecular formula is C34H38F4N2Ti. The van der Waals surface area contributed by atoms with Crippen molar-refractivity contribution in [2.75, 3.05) is 22.9 Å². The van der Waals surface area contributed by atoms with Crippen LogP contribution in [0.1, 0.15) is 66.2 Å². The zero-order chi connectivity index (χ0) is 29.2. The first-order chi connectivity index (χ1) is 19.5. The molecular weight excluding hydrogens is 560 g/mol. The molecule has 0 aromatic heterocycles. The summed E-state index contributed by atoms with van der Waals surface area (Å²) in [5.41, 5.74) is 0.00145. The van der Waals surface area contributed by atoms with E-state index in [-0.39, 0.29) is 18.8 Å². The van der Waals surface area contributed by atoms with Crippen molar-refractivity contribution in [3.05, 3.63) is 91.7 Å². The number of hydrogen-bond donors (Lipinski definition) is 0. The van der Waals surface area contributed by atoms with Crippen molar-refractivity contribution in [2.24, 2.45) is 0 Å².